The van der Waals surface area contributed by atoms with Gasteiger partial charge in [0.1, 0.15) is 21.9 Å². The Balaban J connectivity index is 1.88. The molecule has 0 aliphatic heterocycles. The first kappa shape index (κ1) is 20.5. The summed E-state index contributed by atoms with van der Waals surface area (Å²) in [5.41, 5.74) is 1.94. The first-order valence-corrected chi connectivity index (χ1v) is 9.83. The van der Waals surface area contributed by atoms with Crippen molar-refractivity contribution in [3.05, 3.63) is 40.3 Å². The highest BCUT2D eigenvalue weighted by Gasteiger charge is 2.27. The molecule has 0 aliphatic carbocycles. The largest absolute Gasteiger partial charge is 0.462 e. The molecule has 2 heterocycles. The second kappa shape index (κ2) is 8.82. The van der Waals surface area contributed by atoms with Gasteiger partial charge in [-0.3, -0.25) is 4.79 Å². The van der Waals surface area contributed by atoms with Crippen molar-refractivity contribution in [1.82, 2.24) is 15.0 Å². The number of hydrogen-bond donors (Lipinski definition) is 1. The van der Waals surface area contributed by atoms with Crippen molar-refractivity contribution in [2.45, 2.75) is 27.3 Å². The van der Waals surface area contributed by atoms with Crippen LogP contribution in [0.25, 0.3) is 11.0 Å². The highest BCUT2D eigenvalue weighted by atomic mass is 32.1. The number of para-hydroxylation sites is 1. The van der Waals surface area contributed by atoms with E-state index < -0.39 is 17.8 Å². The Labute approximate surface area is 170 Å². The van der Waals surface area contributed by atoms with Crippen LogP contribution >= 0.6 is 11.3 Å². The number of hydrogen-bond acceptors (Lipinski definition) is 8. The molecular formula is C19H20N4O5S. The number of fused-ring (bicyclic) bond motifs is 1. The lowest BCUT2D eigenvalue weighted by Crippen LogP contribution is -2.20. The van der Waals surface area contributed by atoms with Gasteiger partial charge in [-0.05, 0) is 38.5 Å². The van der Waals surface area contributed by atoms with Gasteiger partial charge in [0.25, 0.3) is 0 Å². The Hall–Kier alpha value is -3.27. The van der Waals surface area contributed by atoms with Crippen LogP contribution in [-0.2, 0) is 20.8 Å². The topological polar surface area (TPSA) is 112 Å². The second-order valence-electron chi connectivity index (χ2n) is 5.99. The van der Waals surface area contributed by atoms with Gasteiger partial charge in [0.05, 0.1) is 24.3 Å². The molecule has 0 bridgehead atoms. The fourth-order valence-corrected chi connectivity index (χ4v) is 3.88. The maximum absolute atomic E-state index is 12.6. The zero-order valence-corrected chi connectivity index (χ0v) is 17.0. The van der Waals surface area contributed by atoms with Crippen molar-refractivity contribution in [3.63, 3.8) is 0 Å². The lowest BCUT2D eigenvalue weighted by atomic mass is 10.1. The van der Waals surface area contributed by atoms with Crippen molar-refractivity contribution in [1.29, 1.82) is 0 Å². The molecule has 1 amide bonds. The molecule has 1 aromatic carbocycles. The van der Waals surface area contributed by atoms with Crippen molar-refractivity contribution in [3.8, 4) is 0 Å². The van der Waals surface area contributed by atoms with Gasteiger partial charge < -0.3 is 14.8 Å². The Kier molecular flexibility index (Phi) is 6.23. The molecular weight excluding hydrogens is 396 g/mol. The first-order valence-electron chi connectivity index (χ1n) is 9.01. The Morgan fingerprint density at radius 1 is 1.10 bits per heavy atom. The van der Waals surface area contributed by atoms with E-state index in [4.69, 9.17) is 9.47 Å². The molecule has 0 fully saturated rings. The lowest BCUT2D eigenvalue weighted by molar-refractivity contribution is -0.116. The highest BCUT2D eigenvalue weighted by Crippen LogP contribution is 2.34. The second-order valence-corrected chi connectivity index (χ2v) is 7.01. The third-order valence-electron chi connectivity index (χ3n) is 4.05. The predicted octanol–water partition coefficient (Wildman–Crippen LogP) is 2.79. The Morgan fingerprint density at radius 3 is 2.52 bits per heavy atom. The molecule has 1 N–H and O–H groups in total. The molecule has 0 aliphatic rings. The molecule has 152 valence electrons. The average molecular weight is 416 g/mol. The monoisotopic (exact) mass is 416 g/mol. The smallest absolute Gasteiger partial charge is 0.348 e. The first-order chi connectivity index (χ1) is 14.0. The average Bonchev–Trinajstić information content (AvgIpc) is 3.23. The lowest BCUT2D eigenvalue weighted by Gasteiger charge is -2.07. The number of aromatic nitrogens is 3. The van der Waals surface area contributed by atoms with Gasteiger partial charge in [-0.2, -0.15) is 0 Å². The Morgan fingerprint density at radius 2 is 1.79 bits per heavy atom. The molecule has 9 nitrogen and oxygen atoms in total. The van der Waals surface area contributed by atoms with Crippen LogP contribution in [0.5, 0.6) is 0 Å². The number of benzene rings is 1. The van der Waals surface area contributed by atoms with Crippen molar-refractivity contribution < 1.29 is 23.9 Å². The van der Waals surface area contributed by atoms with Crippen molar-refractivity contribution in [2.75, 3.05) is 18.5 Å². The summed E-state index contributed by atoms with van der Waals surface area (Å²) in [6.07, 6.45) is 0. The number of anilines is 1. The molecule has 0 unspecified atom stereocenters. The van der Waals surface area contributed by atoms with E-state index in [1.807, 2.05) is 12.1 Å². The molecule has 0 atom stereocenters. The molecule has 0 saturated carbocycles. The van der Waals surface area contributed by atoms with Gasteiger partial charge in [-0.15, -0.1) is 16.4 Å². The van der Waals surface area contributed by atoms with E-state index in [2.05, 4.69) is 15.6 Å². The van der Waals surface area contributed by atoms with Crippen LogP contribution < -0.4 is 5.32 Å². The Bertz CT molecular complexity index is 1070. The summed E-state index contributed by atoms with van der Waals surface area (Å²) < 4.78 is 11.6. The maximum atomic E-state index is 12.6. The van der Waals surface area contributed by atoms with E-state index in [1.165, 1.54) is 4.68 Å². The van der Waals surface area contributed by atoms with E-state index in [9.17, 15) is 14.4 Å². The van der Waals surface area contributed by atoms with Crippen LogP contribution in [0.15, 0.2) is 24.3 Å². The fourth-order valence-electron chi connectivity index (χ4n) is 2.78. The molecule has 0 radical (unpaired) electrons. The van der Waals surface area contributed by atoms with Gasteiger partial charge >= 0.3 is 11.9 Å². The zero-order valence-electron chi connectivity index (χ0n) is 16.2. The molecule has 2 aromatic heterocycles. The number of nitrogens with one attached hydrogen (secondary N) is 1. The van der Waals surface area contributed by atoms with E-state index in [0.29, 0.717) is 16.6 Å². The minimum Gasteiger partial charge on any atom is -0.462 e. The minimum atomic E-state index is -0.613. The molecule has 10 heteroatoms. The SMILES string of the molecule is CCOC(=O)c1sc(NC(=O)Cn2nnc3ccccc32)c(C(=O)OCC)c1C. The van der Waals surface area contributed by atoms with Crippen molar-refractivity contribution in [2.24, 2.45) is 0 Å². The van der Waals surface area contributed by atoms with E-state index in [-0.39, 0.29) is 35.2 Å². The van der Waals surface area contributed by atoms with Crippen molar-refractivity contribution >= 4 is 45.2 Å². The van der Waals surface area contributed by atoms with E-state index in [1.54, 1.807) is 32.9 Å². The third kappa shape index (κ3) is 4.27. The van der Waals surface area contributed by atoms with Crippen LogP contribution in [-0.4, -0.2) is 46.1 Å². The van der Waals surface area contributed by atoms with Gasteiger partial charge in [-0.1, -0.05) is 17.3 Å². The number of carbonyl (C=O) groups is 3. The van der Waals surface area contributed by atoms with E-state index >= 15 is 0 Å². The number of esters is 2. The summed E-state index contributed by atoms with van der Waals surface area (Å²) in [4.78, 5) is 37.5. The number of amides is 1. The number of carbonyl (C=O) groups excluding carboxylic acids is 3. The number of thiophene rings is 1. The summed E-state index contributed by atoms with van der Waals surface area (Å²) in [5.74, 6) is -1.58. The summed E-state index contributed by atoms with van der Waals surface area (Å²) >= 11 is 0.980. The summed E-state index contributed by atoms with van der Waals surface area (Å²) in [7, 11) is 0. The molecule has 3 rings (SSSR count). The maximum Gasteiger partial charge on any atom is 0.348 e. The predicted molar refractivity (Wildman–Crippen MR) is 107 cm³/mol. The zero-order chi connectivity index (χ0) is 21.0. The molecule has 29 heavy (non-hydrogen) atoms. The van der Waals surface area contributed by atoms with Crippen LogP contribution in [0.1, 0.15) is 39.4 Å². The summed E-state index contributed by atoms with van der Waals surface area (Å²) in [6, 6.07) is 7.26. The van der Waals surface area contributed by atoms with E-state index in [0.717, 1.165) is 11.3 Å². The third-order valence-corrected chi connectivity index (χ3v) is 5.24. The van der Waals surface area contributed by atoms with Crippen LogP contribution in [0.3, 0.4) is 0 Å². The quantitative estimate of drug-likeness (QED) is 0.589. The standard InChI is InChI=1S/C19H20N4O5S/c1-4-27-18(25)15-11(3)16(19(26)28-5-2)29-17(15)20-14(24)10-23-13-9-7-6-8-12(13)21-22-23/h6-9H,4-5,10H2,1-3H3,(H,20,24). The molecule has 3 aromatic rings. The van der Waals surface area contributed by atoms with Gasteiger partial charge in [0, 0.05) is 0 Å². The van der Waals surface area contributed by atoms with Gasteiger partial charge in [0.15, 0.2) is 0 Å². The number of ether oxygens (including phenoxy) is 2. The van der Waals surface area contributed by atoms with Gasteiger partial charge in [0.2, 0.25) is 5.91 Å². The minimum absolute atomic E-state index is 0.103. The summed E-state index contributed by atoms with van der Waals surface area (Å²) in [5, 5.41) is 10.9. The number of nitrogens with zero attached hydrogens (tertiary/aromatic N) is 3. The number of rotatable bonds is 7. The van der Waals surface area contributed by atoms with Crippen LogP contribution in [0.4, 0.5) is 5.00 Å². The molecule has 0 saturated heterocycles. The van der Waals surface area contributed by atoms with Gasteiger partial charge in [-0.25, -0.2) is 14.3 Å². The highest BCUT2D eigenvalue weighted by molar-refractivity contribution is 7.18. The van der Waals surface area contributed by atoms with Crippen LogP contribution in [0, 0.1) is 6.92 Å². The molecule has 0 spiro atoms. The normalized spacial score (nSPS) is 10.7. The fraction of sp³-hybridized carbons (Fsp3) is 0.316. The summed E-state index contributed by atoms with van der Waals surface area (Å²) in [6.45, 7) is 5.26. The van der Waals surface area contributed by atoms with Crippen LogP contribution in [0.2, 0.25) is 0 Å².